The van der Waals surface area contributed by atoms with E-state index >= 15 is 0 Å². The highest BCUT2D eigenvalue weighted by Gasteiger charge is 2.17. The molecule has 0 aliphatic carbocycles. The lowest BCUT2D eigenvalue weighted by Crippen LogP contribution is -2.29. The Labute approximate surface area is 161 Å². The minimum atomic E-state index is -0.786. The molecule has 0 aliphatic rings. The van der Waals surface area contributed by atoms with Crippen molar-refractivity contribution in [3.8, 4) is 17.3 Å². The van der Waals surface area contributed by atoms with E-state index in [4.69, 9.17) is 4.74 Å². The first-order chi connectivity index (χ1) is 13.0. The fourth-order valence-corrected chi connectivity index (χ4v) is 3.40. The number of aliphatic hydroxyl groups excluding tert-OH is 1. The second-order valence-electron chi connectivity index (χ2n) is 5.98. The summed E-state index contributed by atoms with van der Waals surface area (Å²) in [6.45, 7) is 3.80. The highest BCUT2D eigenvalue weighted by molar-refractivity contribution is 7.09. The summed E-state index contributed by atoms with van der Waals surface area (Å²) in [7, 11) is 1.54. The van der Waals surface area contributed by atoms with E-state index in [2.05, 4.69) is 20.3 Å². The molecule has 7 nitrogen and oxygen atoms in total. The topological polar surface area (TPSA) is 97.2 Å². The van der Waals surface area contributed by atoms with Crippen LogP contribution < -0.4 is 10.1 Å². The fraction of sp³-hybridized carbons (Fsp3) is 0.263. The monoisotopic (exact) mass is 384 g/mol. The highest BCUT2D eigenvalue weighted by atomic mass is 32.1. The summed E-state index contributed by atoms with van der Waals surface area (Å²) in [6.07, 6.45) is 0.820. The minimum absolute atomic E-state index is 0.112. The van der Waals surface area contributed by atoms with E-state index in [1.54, 1.807) is 23.8 Å². The molecule has 1 atom stereocenters. The van der Waals surface area contributed by atoms with Gasteiger partial charge in [0, 0.05) is 29.9 Å². The van der Waals surface area contributed by atoms with Gasteiger partial charge in [0.15, 0.2) is 5.82 Å². The number of aromatic nitrogens is 3. The number of carbonyl (C=O) groups is 1. The van der Waals surface area contributed by atoms with Gasteiger partial charge in [-0.3, -0.25) is 4.79 Å². The summed E-state index contributed by atoms with van der Waals surface area (Å²) < 4.78 is 5.13. The molecule has 140 valence electrons. The number of hydrogen-bond acceptors (Lipinski definition) is 7. The van der Waals surface area contributed by atoms with E-state index in [1.165, 1.54) is 18.4 Å². The molecule has 2 heterocycles. The Kier molecular flexibility index (Phi) is 5.78. The van der Waals surface area contributed by atoms with Crippen molar-refractivity contribution in [1.82, 2.24) is 20.3 Å². The van der Waals surface area contributed by atoms with Crippen molar-refractivity contribution < 1.29 is 14.6 Å². The van der Waals surface area contributed by atoms with Crippen LogP contribution in [-0.4, -0.2) is 39.6 Å². The van der Waals surface area contributed by atoms with Gasteiger partial charge in [0.05, 0.1) is 23.2 Å². The molecule has 3 rings (SSSR count). The number of ether oxygens (including phenoxy) is 1. The Hall–Kier alpha value is -2.84. The first kappa shape index (κ1) is 18.9. The summed E-state index contributed by atoms with van der Waals surface area (Å²) in [5.74, 6) is 0.664. The van der Waals surface area contributed by atoms with Gasteiger partial charge in [-0.1, -0.05) is 12.1 Å². The molecule has 0 bridgehead atoms. The maximum Gasteiger partial charge on any atom is 0.251 e. The lowest BCUT2D eigenvalue weighted by atomic mass is 10.0. The number of methoxy groups -OCH3 is 1. The second-order valence-corrected chi connectivity index (χ2v) is 6.87. The Balaban J connectivity index is 1.77. The molecule has 0 unspecified atom stereocenters. The van der Waals surface area contributed by atoms with Crippen LogP contribution in [0, 0.1) is 13.8 Å². The molecule has 2 N–H and O–H groups in total. The molecule has 0 spiro atoms. The zero-order valence-electron chi connectivity index (χ0n) is 15.3. The summed E-state index contributed by atoms with van der Waals surface area (Å²) in [5.41, 5.74) is 4.49. The molecule has 1 aromatic carbocycles. The third-order valence-corrected chi connectivity index (χ3v) is 5.15. The fourth-order valence-electron chi connectivity index (χ4n) is 2.61. The van der Waals surface area contributed by atoms with Crippen LogP contribution in [0.15, 0.2) is 36.0 Å². The third-order valence-electron chi connectivity index (χ3n) is 4.12. The van der Waals surface area contributed by atoms with Crippen molar-refractivity contribution in [2.24, 2.45) is 0 Å². The summed E-state index contributed by atoms with van der Waals surface area (Å²) >= 11 is 1.37. The lowest BCUT2D eigenvalue weighted by Gasteiger charge is -2.13. The van der Waals surface area contributed by atoms with Crippen LogP contribution in [0.1, 0.15) is 32.6 Å². The van der Waals surface area contributed by atoms with E-state index in [1.807, 2.05) is 26.0 Å². The van der Waals surface area contributed by atoms with Crippen LogP contribution in [0.5, 0.6) is 5.88 Å². The van der Waals surface area contributed by atoms with Gasteiger partial charge in [-0.25, -0.2) is 9.97 Å². The molecule has 0 radical (unpaired) electrons. The number of nitrogens with one attached hydrogen (secondary N) is 1. The van der Waals surface area contributed by atoms with Gasteiger partial charge in [-0.2, -0.15) is 4.98 Å². The SMILES string of the molecule is COc1ccnc(-c2ccc(C)c(C(=O)NC[C@@H](O)c3scnc3C)c2)n1. The molecular weight excluding hydrogens is 364 g/mol. The van der Waals surface area contributed by atoms with Crippen LogP contribution in [0.4, 0.5) is 0 Å². The normalized spacial score (nSPS) is 11.9. The number of carbonyl (C=O) groups excluding carboxylic acids is 1. The first-order valence-corrected chi connectivity index (χ1v) is 9.22. The lowest BCUT2D eigenvalue weighted by molar-refractivity contribution is 0.0917. The number of nitrogens with zero attached hydrogens (tertiary/aromatic N) is 3. The standard InChI is InChI=1S/C19H20N4O3S/c1-11-4-5-13(18-20-7-6-16(23-18)26-3)8-14(11)19(25)21-9-15(24)17-12(2)22-10-27-17/h4-8,10,15,24H,9H2,1-3H3,(H,21,25)/t15-/m1/s1. The van der Waals surface area contributed by atoms with Crippen molar-refractivity contribution in [1.29, 1.82) is 0 Å². The van der Waals surface area contributed by atoms with Crippen molar-refractivity contribution in [3.63, 3.8) is 0 Å². The Bertz CT molecular complexity index is 958. The number of amides is 1. The van der Waals surface area contributed by atoms with Gasteiger partial charge in [-0.15, -0.1) is 11.3 Å². The van der Waals surface area contributed by atoms with Crippen molar-refractivity contribution in [3.05, 3.63) is 57.7 Å². The first-order valence-electron chi connectivity index (χ1n) is 8.34. The molecular formula is C19H20N4O3S. The molecule has 3 aromatic rings. The van der Waals surface area contributed by atoms with E-state index in [0.29, 0.717) is 22.8 Å². The maximum atomic E-state index is 12.6. The summed E-state index contributed by atoms with van der Waals surface area (Å²) in [5, 5.41) is 13.0. The number of hydrogen-bond donors (Lipinski definition) is 2. The van der Waals surface area contributed by atoms with Crippen LogP contribution in [0.25, 0.3) is 11.4 Å². The number of thiazole rings is 1. The molecule has 0 fully saturated rings. The zero-order valence-corrected chi connectivity index (χ0v) is 16.1. The number of aliphatic hydroxyl groups is 1. The number of benzene rings is 1. The largest absolute Gasteiger partial charge is 0.481 e. The van der Waals surface area contributed by atoms with Crippen molar-refractivity contribution >= 4 is 17.2 Å². The smallest absolute Gasteiger partial charge is 0.251 e. The predicted molar refractivity (Wildman–Crippen MR) is 103 cm³/mol. The molecule has 0 saturated heterocycles. The molecule has 0 aliphatic heterocycles. The molecule has 0 saturated carbocycles. The predicted octanol–water partition coefficient (Wildman–Crippen LogP) is 2.69. The molecule has 2 aromatic heterocycles. The number of aryl methyl sites for hydroxylation is 2. The van der Waals surface area contributed by atoms with E-state index in [-0.39, 0.29) is 12.5 Å². The summed E-state index contributed by atoms with van der Waals surface area (Å²) in [4.78, 5) is 26.0. The van der Waals surface area contributed by atoms with Gasteiger partial charge in [0.25, 0.3) is 5.91 Å². The van der Waals surface area contributed by atoms with E-state index in [9.17, 15) is 9.90 Å². The van der Waals surface area contributed by atoms with Gasteiger partial charge in [-0.05, 0) is 25.5 Å². The quantitative estimate of drug-likeness (QED) is 0.678. The van der Waals surface area contributed by atoms with E-state index in [0.717, 1.165) is 16.1 Å². The van der Waals surface area contributed by atoms with Gasteiger partial charge >= 0.3 is 0 Å². The summed E-state index contributed by atoms with van der Waals surface area (Å²) in [6, 6.07) is 7.10. The van der Waals surface area contributed by atoms with Crippen molar-refractivity contribution in [2.45, 2.75) is 20.0 Å². The molecule has 27 heavy (non-hydrogen) atoms. The Morgan fingerprint density at radius 1 is 1.30 bits per heavy atom. The van der Waals surface area contributed by atoms with Crippen molar-refractivity contribution in [2.75, 3.05) is 13.7 Å². The second kappa shape index (κ2) is 8.24. The van der Waals surface area contributed by atoms with Crippen LogP contribution in [0.3, 0.4) is 0 Å². The van der Waals surface area contributed by atoms with Gasteiger partial charge in [0.2, 0.25) is 5.88 Å². The maximum absolute atomic E-state index is 12.6. The minimum Gasteiger partial charge on any atom is -0.481 e. The molecule has 8 heteroatoms. The average Bonchev–Trinajstić information content (AvgIpc) is 3.12. The third kappa shape index (κ3) is 4.29. The zero-order chi connectivity index (χ0) is 19.4. The van der Waals surface area contributed by atoms with Gasteiger partial charge in [0.1, 0.15) is 6.10 Å². The average molecular weight is 384 g/mol. The van der Waals surface area contributed by atoms with Crippen LogP contribution >= 0.6 is 11.3 Å². The van der Waals surface area contributed by atoms with E-state index < -0.39 is 6.10 Å². The number of rotatable bonds is 6. The Morgan fingerprint density at radius 2 is 2.11 bits per heavy atom. The Morgan fingerprint density at radius 3 is 2.81 bits per heavy atom. The highest BCUT2D eigenvalue weighted by Crippen LogP contribution is 2.22. The van der Waals surface area contributed by atoms with Crippen LogP contribution in [-0.2, 0) is 0 Å². The van der Waals surface area contributed by atoms with Gasteiger partial charge < -0.3 is 15.2 Å². The molecule has 1 amide bonds. The van der Waals surface area contributed by atoms with Crippen LogP contribution in [0.2, 0.25) is 0 Å².